The number of ether oxygens (including phenoxy) is 2. The number of nitrogens with one attached hydrogen (secondary N) is 1. The average molecular weight is 482 g/mol. The number of alkyl halides is 3. The lowest BCUT2D eigenvalue weighted by atomic mass is 10.1. The Morgan fingerprint density at radius 2 is 1.97 bits per heavy atom. The smallest absolute Gasteiger partial charge is 0.411 e. The number of nitrogens with zero attached hydrogens (tertiary/aromatic N) is 1. The molecule has 0 unspecified atom stereocenters. The summed E-state index contributed by atoms with van der Waals surface area (Å²) in [5, 5.41) is 2.80. The molecule has 0 radical (unpaired) electrons. The minimum absolute atomic E-state index is 0.119. The van der Waals surface area contributed by atoms with Crippen molar-refractivity contribution < 1.29 is 36.7 Å². The van der Waals surface area contributed by atoms with Crippen LogP contribution in [0.1, 0.15) is 22.8 Å². The molecular weight excluding hydrogens is 465 g/mol. The molecule has 0 saturated heterocycles. The molecule has 3 rings (SSSR count). The Kier molecular flexibility index (Phi) is 7.59. The number of anilines is 1. The van der Waals surface area contributed by atoms with Crippen LogP contribution in [-0.4, -0.2) is 35.6 Å². The fourth-order valence-electron chi connectivity index (χ4n) is 2.74. The van der Waals surface area contributed by atoms with Crippen LogP contribution in [0.4, 0.5) is 23.7 Å². The van der Waals surface area contributed by atoms with E-state index in [9.17, 15) is 27.6 Å². The maximum absolute atomic E-state index is 12.5. The van der Waals surface area contributed by atoms with Gasteiger partial charge >= 0.3 is 23.9 Å². The second-order valence-corrected chi connectivity index (χ2v) is 7.45. The molecule has 0 saturated carbocycles. The summed E-state index contributed by atoms with van der Waals surface area (Å²) in [5.41, 5.74) is -0.0826. The Bertz CT molecular complexity index is 1230. The number of amides is 1. The molecule has 174 valence electrons. The van der Waals surface area contributed by atoms with Crippen molar-refractivity contribution >= 4 is 40.5 Å². The number of carbonyl (C=O) groups excluding carboxylic acids is 2. The van der Waals surface area contributed by atoms with Crippen LogP contribution < -0.4 is 10.9 Å². The Morgan fingerprint density at radius 3 is 2.70 bits per heavy atom. The molecule has 8 nitrogen and oxygen atoms in total. The molecule has 0 bridgehead atoms. The summed E-state index contributed by atoms with van der Waals surface area (Å²) < 4.78 is 52.8. The van der Waals surface area contributed by atoms with Crippen LogP contribution in [0.15, 0.2) is 56.8 Å². The van der Waals surface area contributed by atoms with Crippen molar-refractivity contribution in [2.24, 2.45) is 0 Å². The van der Waals surface area contributed by atoms with Crippen molar-refractivity contribution in [3.8, 4) is 0 Å². The van der Waals surface area contributed by atoms with Crippen LogP contribution in [0.2, 0.25) is 0 Å². The number of carbonyl (C=O) groups is 2. The number of halogens is 3. The van der Waals surface area contributed by atoms with Crippen LogP contribution in [0.25, 0.3) is 11.0 Å². The van der Waals surface area contributed by atoms with E-state index in [0.717, 1.165) is 6.07 Å². The minimum Gasteiger partial charge on any atom is -0.457 e. The highest BCUT2D eigenvalue weighted by Crippen LogP contribution is 2.29. The normalized spacial score (nSPS) is 11.3. The molecular formula is C21H17F3N2O6S. The van der Waals surface area contributed by atoms with Crippen LogP contribution in [-0.2, 0) is 16.1 Å². The Morgan fingerprint density at radius 1 is 1.18 bits per heavy atom. The summed E-state index contributed by atoms with van der Waals surface area (Å²) in [7, 11) is 0. The summed E-state index contributed by atoms with van der Waals surface area (Å²) in [6, 6.07) is 8.34. The van der Waals surface area contributed by atoms with E-state index in [4.69, 9.17) is 13.9 Å². The van der Waals surface area contributed by atoms with Gasteiger partial charge in [0.05, 0.1) is 17.9 Å². The lowest BCUT2D eigenvalue weighted by Crippen LogP contribution is -2.13. The third-order valence-electron chi connectivity index (χ3n) is 4.07. The lowest BCUT2D eigenvalue weighted by molar-refractivity contribution is -0.105. The SMILES string of the molecule is CCOC(=O)Nc1ccc2c(COC(=O)c3cccnc3SCC(F)(F)F)cc(=O)oc2c1. The van der Waals surface area contributed by atoms with Gasteiger partial charge in [-0.1, -0.05) is 11.8 Å². The summed E-state index contributed by atoms with van der Waals surface area (Å²) in [5.74, 6) is -2.11. The Labute approximate surface area is 189 Å². The third-order valence-corrected chi connectivity index (χ3v) is 5.14. The molecule has 0 aliphatic heterocycles. The van der Waals surface area contributed by atoms with E-state index in [0.29, 0.717) is 28.4 Å². The van der Waals surface area contributed by atoms with E-state index in [1.807, 2.05) is 0 Å². The van der Waals surface area contributed by atoms with Gasteiger partial charge in [-0.3, -0.25) is 5.32 Å². The molecule has 0 fully saturated rings. The molecule has 3 aromatic rings. The van der Waals surface area contributed by atoms with Gasteiger partial charge in [0.1, 0.15) is 17.2 Å². The van der Waals surface area contributed by atoms with Crippen LogP contribution in [0, 0.1) is 0 Å². The Balaban J connectivity index is 1.78. The minimum atomic E-state index is -4.43. The number of pyridine rings is 1. The molecule has 12 heteroatoms. The number of benzene rings is 1. The van der Waals surface area contributed by atoms with Gasteiger partial charge in [0, 0.05) is 35.0 Å². The highest BCUT2D eigenvalue weighted by atomic mass is 32.2. The first-order valence-electron chi connectivity index (χ1n) is 9.48. The zero-order chi connectivity index (χ0) is 24.0. The van der Waals surface area contributed by atoms with Crippen molar-refractivity contribution in [3.63, 3.8) is 0 Å². The zero-order valence-corrected chi connectivity index (χ0v) is 17.9. The highest BCUT2D eigenvalue weighted by molar-refractivity contribution is 7.99. The third kappa shape index (κ3) is 6.72. The largest absolute Gasteiger partial charge is 0.457 e. The molecule has 0 aliphatic rings. The number of thioether (sulfide) groups is 1. The first kappa shape index (κ1) is 24.1. The quantitative estimate of drug-likeness (QED) is 0.292. The predicted octanol–water partition coefficient (Wildman–Crippen LogP) is 4.77. The van der Waals surface area contributed by atoms with Crippen LogP contribution in [0.5, 0.6) is 0 Å². The first-order valence-corrected chi connectivity index (χ1v) is 10.5. The molecule has 2 aromatic heterocycles. The highest BCUT2D eigenvalue weighted by Gasteiger charge is 2.29. The van der Waals surface area contributed by atoms with Gasteiger partial charge in [-0.15, -0.1) is 0 Å². The molecule has 1 aromatic carbocycles. The second-order valence-electron chi connectivity index (χ2n) is 6.48. The van der Waals surface area contributed by atoms with Crippen molar-refractivity contribution in [2.45, 2.75) is 24.7 Å². The van der Waals surface area contributed by atoms with Crippen molar-refractivity contribution in [2.75, 3.05) is 17.7 Å². The van der Waals surface area contributed by atoms with E-state index in [1.165, 1.54) is 30.5 Å². The molecule has 33 heavy (non-hydrogen) atoms. The van der Waals surface area contributed by atoms with Crippen molar-refractivity contribution in [1.29, 1.82) is 0 Å². The number of hydrogen-bond acceptors (Lipinski definition) is 8. The van der Waals surface area contributed by atoms with Gasteiger partial charge in [0.25, 0.3) is 0 Å². The maximum Gasteiger partial charge on any atom is 0.411 e. The number of aromatic nitrogens is 1. The lowest BCUT2D eigenvalue weighted by Gasteiger charge is -2.11. The van der Waals surface area contributed by atoms with Crippen molar-refractivity contribution in [3.05, 3.63) is 64.1 Å². The van der Waals surface area contributed by atoms with Gasteiger partial charge in [-0.05, 0) is 31.2 Å². The fraction of sp³-hybridized carbons (Fsp3) is 0.238. The van der Waals surface area contributed by atoms with Gasteiger partial charge in [0.2, 0.25) is 0 Å². The second kappa shape index (κ2) is 10.4. The maximum atomic E-state index is 12.5. The summed E-state index contributed by atoms with van der Waals surface area (Å²) in [6.45, 7) is 1.48. The van der Waals surface area contributed by atoms with Gasteiger partial charge in [-0.2, -0.15) is 13.2 Å². The van der Waals surface area contributed by atoms with Gasteiger partial charge < -0.3 is 13.9 Å². The molecule has 0 aliphatic carbocycles. The molecule has 1 amide bonds. The van der Waals surface area contributed by atoms with E-state index < -0.39 is 29.6 Å². The number of hydrogen-bond donors (Lipinski definition) is 1. The van der Waals surface area contributed by atoms with Crippen molar-refractivity contribution in [1.82, 2.24) is 4.98 Å². The first-order chi connectivity index (χ1) is 15.7. The van der Waals surface area contributed by atoms with E-state index >= 15 is 0 Å². The molecule has 2 heterocycles. The zero-order valence-electron chi connectivity index (χ0n) is 17.1. The van der Waals surface area contributed by atoms with E-state index in [-0.39, 0.29) is 29.4 Å². The molecule has 0 spiro atoms. The summed E-state index contributed by atoms with van der Waals surface area (Å²) >= 11 is 0.372. The Hall–Kier alpha value is -3.54. The van der Waals surface area contributed by atoms with E-state index in [1.54, 1.807) is 13.0 Å². The number of fused-ring (bicyclic) bond motifs is 1. The average Bonchev–Trinajstić information content (AvgIpc) is 2.75. The predicted molar refractivity (Wildman–Crippen MR) is 113 cm³/mol. The number of esters is 1. The summed E-state index contributed by atoms with van der Waals surface area (Å²) in [4.78, 5) is 39.8. The van der Waals surface area contributed by atoms with Gasteiger partial charge in [-0.25, -0.2) is 19.4 Å². The van der Waals surface area contributed by atoms with Gasteiger partial charge in [0.15, 0.2) is 0 Å². The summed E-state index contributed by atoms with van der Waals surface area (Å²) in [6.07, 6.45) is -3.84. The van der Waals surface area contributed by atoms with E-state index in [2.05, 4.69) is 10.3 Å². The molecule has 0 atom stereocenters. The monoisotopic (exact) mass is 482 g/mol. The van der Waals surface area contributed by atoms with Crippen LogP contribution >= 0.6 is 11.8 Å². The standard InChI is InChI=1S/C21H17F3N2O6S/c1-2-30-20(29)26-13-5-6-14-12(8-17(27)32-16(14)9-13)10-31-19(28)15-4-3-7-25-18(15)33-11-21(22,23)24/h3-9H,2,10-11H2,1H3,(H,26,29). The number of rotatable bonds is 7. The fourth-order valence-corrected chi connectivity index (χ4v) is 3.49. The van der Waals surface area contributed by atoms with Crippen LogP contribution in [0.3, 0.4) is 0 Å². The topological polar surface area (TPSA) is 108 Å². The molecule has 1 N–H and O–H groups in total.